The van der Waals surface area contributed by atoms with Crippen molar-refractivity contribution in [1.82, 2.24) is 5.32 Å². The molecular formula is C14H21FN2O2. The minimum atomic E-state index is -0.557. The second kappa shape index (κ2) is 6.97. The Labute approximate surface area is 113 Å². The minimum absolute atomic E-state index is 0.0470. The van der Waals surface area contributed by atoms with E-state index in [9.17, 15) is 9.18 Å². The van der Waals surface area contributed by atoms with Crippen LogP contribution in [-0.4, -0.2) is 19.1 Å². The van der Waals surface area contributed by atoms with Crippen molar-refractivity contribution in [3.05, 3.63) is 23.5 Å². The second-order valence-corrected chi connectivity index (χ2v) is 4.96. The summed E-state index contributed by atoms with van der Waals surface area (Å²) in [6, 6.07) is 2.69. The highest BCUT2D eigenvalue weighted by Crippen LogP contribution is 2.23. The monoisotopic (exact) mass is 268 g/mol. The molecular weight excluding hydrogens is 247 g/mol. The van der Waals surface area contributed by atoms with Crippen molar-refractivity contribution in [1.29, 1.82) is 0 Å². The molecule has 0 aliphatic carbocycles. The van der Waals surface area contributed by atoms with Crippen LogP contribution in [0.3, 0.4) is 0 Å². The largest absolute Gasteiger partial charge is 0.481 e. The van der Waals surface area contributed by atoms with E-state index in [4.69, 9.17) is 10.5 Å². The summed E-state index contributed by atoms with van der Waals surface area (Å²) in [5.41, 5.74) is 6.65. The van der Waals surface area contributed by atoms with Crippen molar-refractivity contribution in [3.63, 3.8) is 0 Å². The first-order valence-electron chi connectivity index (χ1n) is 6.35. The fraction of sp³-hybridized carbons (Fsp3) is 0.500. The number of nitrogens with one attached hydrogen (secondary N) is 1. The molecule has 0 saturated heterocycles. The van der Waals surface area contributed by atoms with Gasteiger partial charge in [0, 0.05) is 18.3 Å². The fourth-order valence-electron chi connectivity index (χ4n) is 1.48. The van der Waals surface area contributed by atoms with Crippen LogP contribution >= 0.6 is 0 Å². The number of halogens is 1. The van der Waals surface area contributed by atoms with Crippen LogP contribution < -0.4 is 15.8 Å². The van der Waals surface area contributed by atoms with Crippen molar-refractivity contribution in [2.24, 2.45) is 5.92 Å². The topological polar surface area (TPSA) is 64.3 Å². The summed E-state index contributed by atoms with van der Waals surface area (Å²) in [6.45, 7) is 6.32. The molecule has 0 aliphatic heterocycles. The molecule has 19 heavy (non-hydrogen) atoms. The molecule has 0 aliphatic rings. The zero-order valence-corrected chi connectivity index (χ0v) is 11.6. The lowest BCUT2D eigenvalue weighted by molar-refractivity contribution is -0.123. The maximum atomic E-state index is 13.5. The predicted molar refractivity (Wildman–Crippen MR) is 73.5 cm³/mol. The van der Waals surface area contributed by atoms with Gasteiger partial charge in [0.1, 0.15) is 0 Å². The van der Waals surface area contributed by atoms with Crippen LogP contribution in [0.15, 0.2) is 12.1 Å². The van der Waals surface area contributed by atoms with E-state index in [0.717, 1.165) is 12.0 Å². The zero-order chi connectivity index (χ0) is 14.4. The molecule has 0 atom stereocenters. The van der Waals surface area contributed by atoms with E-state index < -0.39 is 5.82 Å². The Bertz CT molecular complexity index is 447. The van der Waals surface area contributed by atoms with E-state index >= 15 is 0 Å². The second-order valence-electron chi connectivity index (χ2n) is 4.96. The lowest BCUT2D eigenvalue weighted by Gasteiger charge is -2.10. The molecule has 0 saturated carbocycles. The number of hydrogen-bond acceptors (Lipinski definition) is 3. The number of rotatable bonds is 6. The summed E-state index contributed by atoms with van der Waals surface area (Å²) in [6.07, 6.45) is 0.904. The van der Waals surface area contributed by atoms with E-state index in [1.807, 2.05) is 0 Å². The number of carbonyl (C=O) groups excluding carboxylic acids is 1. The van der Waals surface area contributed by atoms with Gasteiger partial charge in [-0.25, -0.2) is 4.39 Å². The molecule has 0 aromatic heterocycles. The van der Waals surface area contributed by atoms with Gasteiger partial charge in [0.15, 0.2) is 18.2 Å². The van der Waals surface area contributed by atoms with Crippen LogP contribution in [0.4, 0.5) is 10.1 Å². The molecule has 5 heteroatoms. The van der Waals surface area contributed by atoms with Gasteiger partial charge in [-0.2, -0.15) is 0 Å². The van der Waals surface area contributed by atoms with Crippen LogP contribution in [0.5, 0.6) is 5.75 Å². The van der Waals surface area contributed by atoms with Gasteiger partial charge in [0.05, 0.1) is 0 Å². The number of aryl methyl sites for hydroxylation is 1. The summed E-state index contributed by atoms with van der Waals surface area (Å²) in [7, 11) is 0. The molecule has 0 fully saturated rings. The van der Waals surface area contributed by atoms with Crippen LogP contribution in [0.1, 0.15) is 25.8 Å². The first-order valence-corrected chi connectivity index (χ1v) is 6.35. The highest BCUT2D eigenvalue weighted by molar-refractivity contribution is 5.77. The normalized spacial score (nSPS) is 10.6. The molecule has 1 aromatic carbocycles. The van der Waals surface area contributed by atoms with Crippen molar-refractivity contribution < 1.29 is 13.9 Å². The third kappa shape index (κ3) is 5.16. The van der Waals surface area contributed by atoms with Crippen LogP contribution in [0.2, 0.25) is 0 Å². The minimum Gasteiger partial charge on any atom is -0.481 e. The molecule has 0 spiro atoms. The molecule has 0 radical (unpaired) electrons. The third-order valence-electron chi connectivity index (χ3n) is 2.72. The molecule has 0 heterocycles. The number of nitrogen functional groups attached to an aromatic ring is 1. The van der Waals surface area contributed by atoms with E-state index in [0.29, 0.717) is 18.2 Å². The molecule has 1 rings (SSSR count). The Hall–Kier alpha value is -1.78. The van der Waals surface area contributed by atoms with Gasteiger partial charge in [0.25, 0.3) is 5.91 Å². The molecule has 4 nitrogen and oxygen atoms in total. The SMILES string of the molecule is Cc1cc(OCC(=O)NCCC(C)C)c(F)cc1N. The van der Waals surface area contributed by atoms with E-state index in [1.165, 1.54) is 12.1 Å². The van der Waals surface area contributed by atoms with Gasteiger partial charge >= 0.3 is 0 Å². The molecule has 106 valence electrons. The maximum Gasteiger partial charge on any atom is 0.257 e. The van der Waals surface area contributed by atoms with Gasteiger partial charge < -0.3 is 15.8 Å². The fourth-order valence-corrected chi connectivity index (χ4v) is 1.48. The summed E-state index contributed by atoms with van der Waals surface area (Å²) in [5, 5.41) is 2.72. The Morgan fingerprint density at radius 3 is 2.79 bits per heavy atom. The number of hydrogen-bond donors (Lipinski definition) is 2. The molecule has 1 aromatic rings. The van der Waals surface area contributed by atoms with Crippen molar-refractivity contribution >= 4 is 11.6 Å². The van der Waals surface area contributed by atoms with Gasteiger partial charge in [0.2, 0.25) is 0 Å². The van der Waals surface area contributed by atoms with Crippen molar-refractivity contribution in [2.75, 3.05) is 18.9 Å². The lowest BCUT2D eigenvalue weighted by atomic mass is 10.1. The van der Waals surface area contributed by atoms with E-state index in [2.05, 4.69) is 19.2 Å². The Balaban J connectivity index is 2.44. The first-order chi connectivity index (χ1) is 8.90. The number of anilines is 1. The van der Waals surface area contributed by atoms with Crippen LogP contribution in [0.25, 0.3) is 0 Å². The smallest absolute Gasteiger partial charge is 0.257 e. The summed E-state index contributed by atoms with van der Waals surface area (Å²) in [4.78, 5) is 11.5. The average molecular weight is 268 g/mol. The van der Waals surface area contributed by atoms with Crippen molar-refractivity contribution in [3.8, 4) is 5.75 Å². The standard InChI is InChI=1S/C14H21FN2O2/c1-9(2)4-5-17-14(18)8-19-13-6-10(3)12(16)7-11(13)15/h6-7,9H,4-5,8,16H2,1-3H3,(H,17,18). The number of benzene rings is 1. The van der Waals surface area contributed by atoms with Gasteiger partial charge in [-0.3, -0.25) is 4.79 Å². The van der Waals surface area contributed by atoms with Gasteiger partial charge in [-0.15, -0.1) is 0 Å². The van der Waals surface area contributed by atoms with Gasteiger partial charge in [-0.1, -0.05) is 13.8 Å². The highest BCUT2D eigenvalue weighted by atomic mass is 19.1. The number of ether oxygens (including phenoxy) is 1. The zero-order valence-electron chi connectivity index (χ0n) is 11.6. The number of nitrogens with two attached hydrogens (primary N) is 1. The van der Waals surface area contributed by atoms with Crippen LogP contribution in [-0.2, 0) is 4.79 Å². The number of carbonyl (C=O) groups is 1. The summed E-state index contributed by atoms with van der Waals surface area (Å²) in [5.74, 6) is -0.239. The van der Waals surface area contributed by atoms with Crippen molar-refractivity contribution in [2.45, 2.75) is 27.2 Å². The Morgan fingerprint density at radius 1 is 1.47 bits per heavy atom. The maximum absolute atomic E-state index is 13.5. The Kier molecular flexibility index (Phi) is 5.60. The molecule has 3 N–H and O–H groups in total. The summed E-state index contributed by atoms with van der Waals surface area (Å²) < 4.78 is 18.7. The van der Waals surface area contributed by atoms with Crippen LogP contribution in [0, 0.1) is 18.7 Å². The summed E-state index contributed by atoms with van der Waals surface area (Å²) >= 11 is 0. The first kappa shape index (κ1) is 15.3. The third-order valence-corrected chi connectivity index (χ3v) is 2.72. The predicted octanol–water partition coefficient (Wildman–Crippen LogP) is 2.26. The molecule has 0 bridgehead atoms. The van der Waals surface area contributed by atoms with E-state index in [1.54, 1.807) is 6.92 Å². The quantitative estimate of drug-likeness (QED) is 0.778. The number of amides is 1. The lowest BCUT2D eigenvalue weighted by Crippen LogP contribution is -2.30. The Morgan fingerprint density at radius 2 is 2.16 bits per heavy atom. The molecule has 1 amide bonds. The average Bonchev–Trinajstić information content (AvgIpc) is 2.31. The highest BCUT2D eigenvalue weighted by Gasteiger charge is 2.09. The molecule has 0 unspecified atom stereocenters. The van der Waals surface area contributed by atoms with Gasteiger partial charge in [-0.05, 0) is 30.9 Å². The van der Waals surface area contributed by atoms with E-state index in [-0.39, 0.29) is 18.3 Å².